The van der Waals surface area contributed by atoms with Crippen LogP contribution in [0.1, 0.15) is 19.3 Å². The lowest BCUT2D eigenvalue weighted by Crippen LogP contribution is -2.45. The molecule has 0 aromatic heterocycles. The van der Waals surface area contributed by atoms with E-state index in [1.807, 2.05) is 19.2 Å². The Labute approximate surface area is 119 Å². The molecule has 2 rings (SSSR count). The van der Waals surface area contributed by atoms with Crippen LogP contribution >= 0.6 is 11.8 Å². The number of likely N-dealkylation sites (N-methyl/N-ethyl adjacent to an activating group) is 1. The molecule has 0 spiro atoms. The number of hydrogen-bond acceptors (Lipinski definition) is 3. The highest BCUT2D eigenvalue weighted by Crippen LogP contribution is 2.23. The summed E-state index contributed by atoms with van der Waals surface area (Å²) in [7, 11) is 2.01. The van der Waals surface area contributed by atoms with E-state index < -0.39 is 0 Å². The maximum Gasteiger partial charge on any atom is 0.136 e. The molecule has 0 bridgehead atoms. The normalized spacial score (nSPS) is 20.6. The minimum absolute atomic E-state index is 0.0991. The first-order chi connectivity index (χ1) is 9.31. The molecule has 1 fully saturated rings. The first-order valence-electron chi connectivity index (χ1n) is 7.07. The lowest BCUT2D eigenvalue weighted by molar-refractivity contribution is 0.157. The van der Waals surface area contributed by atoms with E-state index >= 15 is 0 Å². The molecule has 1 atom stereocenters. The smallest absolute Gasteiger partial charge is 0.136 e. The van der Waals surface area contributed by atoms with Gasteiger partial charge in [-0.15, -0.1) is 11.8 Å². The molecule has 1 N–H and O–H groups in total. The number of halogens is 1. The summed E-state index contributed by atoms with van der Waals surface area (Å²) in [5, 5.41) is 3.28. The van der Waals surface area contributed by atoms with Gasteiger partial charge in [-0.1, -0.05) is 18.6 Å². The molecule has 4 heteroatoms. The zero-order chi connectivity index (χ0) is 13.5. The van der Waals surface area contributed by atoms with Crippen LogP contribution in [0, 0.1) is 5.82 Å². The molecule has 0 amide bonds. The standard InChI is InChI=1S/C15H23FN2S/c1-17-12-13-6-4-5-9-18(13)10-11-19-15-8-3-2-7-14(15)16/h2-3,7-8,13,17H,4-6,9-12H2,1H3. The molecule has 1 aromatic rings. The molecule has 0 saturated carbocycles. The Hall–Kier alpha value is -0.580. The second kappa shape index (κ2) is 7.88. The zero-order valence-electron chi connectivity index (χ0n) is 11.6. The molecule has 1 unspecified atom stereocenters. The van der Waals surface area contributed by atoms with Crippen molar-refractivity contribution in [3.63, 3.8) is 0 Å². The molecule has 1 aliphatic heterocycles. The number of likely N-dealkylation sites (tertiary alicyclic amines) is 1. The van der Waals surface area contributed by atoms with Crippen molar-refractivity contribution in [1.82, 2.24) is 10.2 Å². The van der Waals surface area contributed by atoms with E-state index in [0.717, 1.165) is 23.7 Å². The van der Waals surface area contributed by atoms with Gasteiger partial charge in [-0.05, 0) is 38.6 Å². The molecule has 2 nitrogen and oxygen atoms in total. The number of rotatable bonds is 6. The molecule has 0 radical (unpaired) electrons. The Kier molecular flexibility index (Phi) is 6.14. The van der Waals surface area contributed by atoms with Crippen LogP contribution in [-0.4, -0.2) is 43.4 Å². The first-order valence-corrected chi connectivity index (χ1v) is 8.06. The minimum atomic E-state index is -0.0991. The fourth-order valence-electron chi connectivity index (χ4n) is 2.66. The Morgan fingerprint density at radius 1 is 1.37 bits per heavy atom. The van der Waals surface area contributed by atoms with Gasteiger partial charge in [0.25, 0.3) is 0 Å². The van der Waals surface area contributed by atoms with Crippen LogP contribution in [0.3, 0.4) is 0 Å². The second-order valence-corrected chi connectivity index (χ2v) is 6.16. The quantitative estimate of drug-likeness (QED) is 0.808. The Balaban J connectivity index is 1.79. The summed E-state index contributed by atoms with van der Waals surface area (Å²) in [6.07, 6.45) is 3.92. The van der Waals surface area contributed by atoms with Crippen molar-refractivity contribution in [2.45, 2.75) is 30.2 Å². The number of nitrogens with one attached hydrogen (secondary N) is 1. The van der Waals surface area contributed by atoms with Gasteiger partial charge in [0.05, 0.1) is 0 Å². The van der Waals surface area contributed by atoms with E-state index in [4.69, 9.17) is 0 Å². The highest BCUT2D eigenvalue weighted by Gasteiger charge is 2.21. The molecule has 19 heavy (non-hydrogen) atoms. The largest absolute Gasteiger partial charge is 0.318 e. The maximum absolute atomic E-state index is 13.5. The highest BCUT2D eigenvalue weighted by atomic mass is 32.2. The number of benzene rings is 1. The van der Waals surface area contributed by atoms with E-state index in [1.165, 1.54) is 31.9 Å². The summed E-state index contributed by atoms with van der Waals surface area (Å²) in [6, 6.07) is 7.69. The van der Waals surface area contributed by atoms with E-state index in [9.17, 15) is 4.39 Å². The molecular formula is C15H23FN2S. The van der Waals surface area contributed by atoms with E-state index in [0.29, 0.717) is 6.04 Å². The topological polar surface area (TPSA) is 15.3 Å². The molecule has 106 valence electrons. The van der Waals surface area contributed by atoms with Crippen LogP contribution in [0.5, 0.6) is 0 Å². The summed E-state index contributed by atoms with van der Waals surface area (Å²) in [5.41, 5.74) is 0. The molecule has 0 aliphatic carbocycles. The first kappa shape index (κ1) is 14.8. The third-order valence-electron chi connectivity index (χ3n) is 3.66. The van der Waals surface area contributed by atoms with Crippen molar-refractivity contribution < 1.29 is 4.39 Å². The molecular weight excluding hydrogens is 259 g/mol. The van der Waals surface area contributed by atoms with E-state index in [-0.39, 0.29) is 5.82 Å². The third-order valence-corrected chi connectivity index (χ3v) is 4.69. The van der Waals surface area contributed by atoms with Crippen LogP contribution in [0.15, 0.2) is 29.2 Å². The van der Waals surface area contributed by atoms with E-state index in [1.54, 1.807) is 17.8 Å². The van der Waals surface area contributed by atoms with Crippen LogP contribution < -0.4 is 5.32 Å². The third kappa shape index (κ3) is 4.48. The van der Waals surface area contributed by atoms with Crippen molar-refractivity contribution in [3.05, 3.63) is 30.1 Å². The van der Waals surface area contributed by atoms with Gasteiger partial charge in [0.15, 0.2) is 0 Å². The summed E-state index contributed by atoms with van der Waals surface area (Å²) in [5.74, 6) is 0.860. The van der Waals surface area contributed by atoms with Gasteiger partial charge in [-0.2, -0.15) is 0 Å². The van der Waals surface area contributed by atoms with Crippen molar-refractivity contribution in [2.24, 2.45) is 0 Å². The zero-order valence-corrected chi connectivity index (χ0v) is 12.4. The number of thioether (sulfide) groups is 1. The second-order valence-electron chi connectivity index (χ2n) is 5.02. The van der Waals surface area contributed by atoms with Gasteiger partial charge >= 0.3 is 0 Å². The predicted molar refractivity (Wildman–Crippen MR) is 80.3 cm³/mol. The summed E-state index contributed by atoms with van der Waals surface area (Å²) < 4.78 is 13.5. The lowest BCUT2D eigenvalue weighted by atomic mass is 10.0. The minimum Gasteiger partial charge on any atom is -0.318 e. The van der Waals surface area contributed by atoms with Gasteiger partial charge < -0.3 is 5.32 Å². The van der Waals surface area contributed by atoms with Gasteiger partial charge in [-0.25, -0.2) is 4.39 Å². The average Bonchev–Trinajstić information content (AvgIpc) is 2.43. The van der Waals surface area contributed by atoms with Crippen LogP contribution in [-0.2, 0) is 0 Å². The SMILES string of the molecule is CNCC1CCCCN1CCSc1ccccc1F. The lowest BCUT2D eigenvalue weighted by Gasteiger charge is -2.35. The monoisotopic (exact) mass is 282 g/mol. The van der Waals surface area contributed by atoms with Crippen LogP contribution in [0.2, 0.25) is 0 Å². The molecule has 1 aliphatic rings. The predicted octanol–water partition coefficient (Wildman–Crippen LogP) is 2.99. The fourth-order valence-corrected chi connectivity index (χ4v) is 3.58. The highest BCUT2D eigenvalue weighted by molar-refractivity contribution is 7.99. The Morgan fingerprint density at radius 3 is 3.00 bits per heavy atom. The summed E-state index contributed by atoms with van der Waals surface area (Å²) in [6.45, 7) is 3.29. The summed E-state index contributed by atoms with van der Waals surface area (Å²) in [4.78, 5) is 3.32. The van der Waals surface area contributed by atoms with Crippen molar-refractivity contribution in [1.29, 1.82) is 0 Å². The number of piperidine rings is 1. The molecule has 1 heterocycles. The van der Waals surface area contributed by atoms with Gasteiger partial charge in [0.1, 0.15) is 5.82 Å². The Morgan fingerprint density at radius 2 is 2.21 bits per heavy atom. The molecule has 1 aromatic carbocycles. The summed E-state index contributed by atoms with van der Waals surface area (Å²) >= 11 is 1.62. The fraction of sp³-hybridized carbons (Fsp3) is 0.600. The van der Waals surface area contributed by atoms with Crippen LogP contribution in [0.25, 0.3) is 0 Å². The van der Waals surface area contributed by atoms with Crippen molar-refractivity contribution in [2.75, 3.05) is 32.4 Å². The van der Waals surface area contributed by atoms with Crippen molar-refractivity contribution in [3.8, 4) is 0 Å². The van der Waals surface area contributed by atoms with Gasteiger partial charge in [-0.3, -0.25) is 4.90 Å². The Bertz CT molecular complexity index is 384. The van der Waals surface area contributed by atoms with Crippen LogP contribution in [0.4, 0.5) is 4.39 Å². The van der Waals surface area contributed by atoms with Gasteiger partial charge in [0, 0.05) is 29.8 Å². The van der Waals surface area contributed by atoms with Gasteiger partial charge in [0.2, 0.25) is 0 Å². The number of hydrogen-bond donors (Lipinski definition) is 1. The van der Waals surface area contributed by atoms with E-state index in [2.05, 4.69) is 10.2 Å². The maximum atomic E-state index is 13.5. The average molecular weight is 282 g/mol. The number of nitrogens with zero attached hydrogens (tertiary/aromatic N) is 1. The van der Waals surface area contributed by atoms with Crippen molar-refractivity contribution >= 4 is 11.8 Å². The molecule has 1 saturated heterocycles.